The predicted molar refractivity (Wildman–Crippen MR) is 122 cm³/mol. The van der Waals surface area contributed by atoms with E-state index in [4.69, 9.17) is 4.74 Å². The summed E-state index contributed by atoms with van der Waals surface area (Å²) in [6.07, 6.45) is 0.637. The molecule has 0 spiro atoms. The molecular formula is C25H30N2O6. The van der Waals surface area contributed by atoms with Gasteiger partial charge in [-0.05, 0) is 30.9 Å². The van der Waals surface area contributed by atoms with Gasteiger partial charge in [-0.1, -0.05) is 60.7 Å². The highest BCUT2D eigenvalue weighted by atomic mass is 16.5. The lowest BCUT2D eigenvalue weighted by Gasteiger charge is -2.27. The van der Waals surface area contributed by atoms with Crippen LogP contribution < -0.4 is 5.32 Å². The van der Waals surface area contributed by atoms with Crippen LogP contribution in [0.2, 0.25) is 0 Å². The number of rotatable bonds is 11. The molecule has 8 nitrogen and oxygen atoms in total. The normalized spacial score (nSPS) is 19.7. The number of aryl methyl sites for hydroxylation is 1. The second-order valence-corrected chi connectivity index (χ2v) is 8.30. The summed E-state index contributed by atoms with van der Waals surface area (Å²) in [7, 11) is 0. The summed E-state index contributed by atoms with van der Waals surface area (Å²) in [5, 5.41) is 22.1. The summed E-state index contributed by atoms with van der Waals surface area (Å²) >= 11 is 0. The molecule has 1 heterocycles. The van der Waals surface area contributed by atoms with Gasteiger partial charge in [-0.3, -0.25) is 14.9 Å². The van der Waals surface area contributed by atoms with Crippen LogP contribution in [0.25, 0.3) is 0 Å². The number of amides is 1. The zero-order valence-corrected chi connectivity index (χ0v) is 18.6. The Balaban J connectivity index is 1.58. The number of nitrogens with one attached hydrogen (secondary N) is 1. The fraction of sp³-hybridized carbons (Fsp3) is 0.400. The summed E-state index contributed by atoms with van der Waals surface area (Å²) in [5.41, 5.74) is 1.97. The summed E-state index contributed by atoms with van der Waals surface area (Å²) in [6, 6.07) is 16.3. The molecule has 1 amide bonds. The lowest BCUT2D eigenvalue weighted by Crippen LogP contribution is -2.53. The standard InChI is InChI=1S/C25H30N2O6/c1-17(26-21(24(29)30)13-12-18-8-4-2-5-9-18)23(28)27-15-20(14-22(27)25(31)32)33-16-19-10-6-3-7-11-19/h2-11,17,20-22,26H,12-16H2,1H3,(H,29,30)(H,31,32)/t17-,20?,21?,22?/m0/s1. The number of carbonyl (C=O) groups excluding carboxylic acids is 1. The minimum Gasteiger partial charge on any atom is -0.480 e. The Hall–Kier alpha value is -3.23. The molecule has 2 aromatic carbocycles. The molecule has 3 rings (SSSR count). The largest absolute Gasteiger partial charge is 0.480 e. The second-order valence-electron chi connectivity index (χ2n) is 8.30. The van der Waals surface area contributed by atoms with Crippen molar-refractivity contribution in [3.05, 3.63) is 71.8 Å². The van der Waals surface area contributed by atoms with Gasteiger partial charge < -0.3 is 19.8 Å². The number of hydrogen-bond acceptors (Lipinski definition) is 5. The van der Waals surface area contributed by atoms with Crippen LogP contribution in [0.3, 0.4) is 0 Å². The van der Waals surface area contributed by atoms with Crippen molar-refractivity contribution >= 4 is 17.8 Å². The minimum atomic E-state index is -1.10. The number of nitrogens with zero attached hydrogens (tertiary/aromatic N) is 1. The molecule has 4 atom stereocenters. The first kappa shape index (κ1) is 24.4. The molecular weight excluding hydrogens is 424 g/mol. The smallest absolute Gasteiger partial charge is 0.326 e. The molecule has 8 heteroatoms. The Bertz CT molecular complexity index is 936. The molecule has 0 saturated carbocycles. The van der Waals surface area contributed by atoms with Gasteiger partial charge >= 0.3 is 11.9 Å². The molecule has 176 valence electrons. The molecule has 1 aliphatic rings. The van der Waals surface area contributed by atoms with Gasteiger partial charge in [0, 0.05) is 13.0 Å². The van der Waals surface area contributed by atoms with E-state index in [1.165, 1.54) is 4.90 Å². The van der Waals surface area contributed by atoms with E-state index in [0.29, 0.717) is 19.4 Å². The van der Waals surface area contributed by atoms with Gasteiger partial charge in [-0.2, -0.15) is 0 Å². The highest BCUT2D eigenvalue weighted by molar-refractivity contribution is 5.88. The Kier molecular flexibility index (Phi) is 8.57. The number of carboxylic acid groups (broad SMARTS) is 2. The van der Waals surface area contributed by atoms with E-state index in [9.17, 15) is 24.6 Å². The van der Waals surface area contributed by atoms with Crippen molar-refractivity contribution in [2.24, 2.45) is 0 Å². The molecule has 1 saturated heterocycles. The van der Waals surface area contributed by atoms with Crippen LogP contribution in [0.5, 0.6) is 0 Å². The number of likely N-dealkylation sites (tertiary alicyclic amines) is 1. The Morgan fingerprint density at radius 2 is 1.64 bits per heavy atom. The zero-order valence-electron chi connectivity index (χ0n) is 18.6. The van der Waals surface area contributed by atoms with Crippen molar-refractivity contribution in [3.63, 3.8) is 0 Å². The molecule has 1 aliphatic heterocycles. The lowest BCUT2D eigenvalue weighted by molar-refractivity contribution is -0.149. The van der Waals surface area contributed by atoms with Gasteiger partial charge in [0.1, 0.15) is 12.1 Å². The molecule has 0 bridgehead atoms. The molecule has 3 N–H and O–H groups in total. The fourth-order valence-electron chi connectivity index (χ4n) is 4.04. The summed E-state index contributed by atoms with van der Waals surface area (Å²) in [4.78, 5) is 37.9. The van der Waals surface area contributed by atoms with Crippen LogP contribution >= 0.6 is 0 Å². The molecule has 3 unspecified atom stereocenters. The number of benzene rings is 2. The van der Waals surface area contributed by atoms with Gasteiger partial charge in [0.25, 0.3) is 0 Å². The minimum absolute atomic E-state index is 0.149. The van der Waals surface area contributed by atoms with Crippen molar-refractivity contribution in [1.29, 1.82) is 0 Å². The SMILES string of the molecule is C[C@H](NC(CCc1ccccc1)C(=O)O)C(=O)N1CC(OCc2ccccc2)CC1C(=O)O. The summed E-state index contributed by atoms with van der Waals surface area (Å²) in [5.74, 6) is -2.59. The third kappa shape index (κ3) is 6.87. The monoisotopic (exact) mass is 454 g/mol. The van der Waals surface area contributed by atoms with E-state index in [2.05, 4.69) is 5.32 Å². The number of hydrogen-bond donors (Lipinski definition) is 3. The average molecular weight is 455 g/mol. The predicted octanol–water partition coefficient (Wildman–Crippen LogP) is 2.32. The van der Waals surface area contributed by atoms with Crippen LogP contribution in [0, 0.1) is 0 Å². The third-order valence-corrected chi connectivity index (χ3v) is 5.84. The van der Waals surface area contributed by atoms with Crippen LogP contribution in [0.15, 0.2) is 60.7 Å². The van der Waals surface area contributed by atoms with E-state index in [0.717, 1.165) is 11.1 Å². The third-order valence-electron chi connectivity index (χ3n) is 5.84. The maximum atomic E-state index is 13.1. The van der Waals surface area contributed by atoms with Gasteiger partial charge in [0.05, 0.1) is 18.8 Å². The number of aliphatic carboxylic acids is 2. The summed E-state index contributed by atoms with van der Waals surface area (Å²) < 4.78 is 5.86. The van der Waals surface area contributed by atoms with Crippen molar-refractivity contribution in [1.82, 2.24) is 10.2 Å². The highest BCUT2D eigenvalue weighted by Crippen LogP contribution is 2.23. The highest BCUT2D eigenvalue weighted by Gasteiger charge is 2.42. The van der Waals surface area contributed by atoms with Crippen LogP contribution in [-0.2, 0) is 32.1 Å². The van der Waals surface area contributed by atoms with Crippen LogP contribution in [-0.4, -0.2) is 63.7 Å². The maximum Gasteiger partial charge on any atom is 0.326 e. The lowest BCUT2D eigenvalue weighted by atomic mass is 10.0. The Labute approximate surface area is 193 Å². The van der Waals surface area contributed by atoms with Gasteiger partial charge in [0.15, 0.2) is 0 Å². The average Bonchev–Trinajstić information content (AvgIpc) is 3.25. The first-order valence-corrected chi connectivity index (χ1v) is 11.1. The van der Waals surface area contributed by atoms with Gasteiger partial charge in [0.2, 0.25) is 5.91 Å². The van der Waals surface area contributed by atoms with Gasteiger partial charge in [-0.25, -0.2) is 4.79 Å². The van der Waals surface area contributed by atoms with Crippen LogP contribution in [0.4, 0.5) is 0 Å². The number of carboxylic acids is 2. The molecule has 0 aromatic heterocycles. The van der Waals surface area contributed by atoms with Crippen molar-refractivity contribution in [2.45, 2.75) is 57.0 Å². The summed E-state index contributed by atoms with van der Waals surface area (Å²) in [6.45, 7) is 2.04. The van der Waals surface area contributed by atoms with Crippen LogP contribution in [0.1, 0.15) is 30.9 Å². The molecule has 2 aromatic rings. The van der Waals surface area contributed by atoms with E-state index in [-0.39, 0.29) is 13.0 Å². The Morgan fingerprint density at radius 1 is 1.03 bits per heavy atom. The first-order chi connectivity index (χ1) is 15.8. The van der Waals surface area contributed by atoms with Gasteiger partial charge in [-0.15, -0.1) is 0 Å². The Morgan fingerprint density at radius 3 is 2.21 bits per heavy atom. The topological polar surface area (TPSA) is 116 Å². The number of carbonyl (C=O) groups is 3. The molecule has 1 fully saturated rings. The first-order valence-electron chi connectivity index (χ1n) is 11.1. The van der Waals surface area contributed by atoms with E-state index in [1.807, 2.05) is 60.7 Å². The molecule has 33 heavy (non-hydrogen) atoms. The fourth-order valence-corrected chi connectivity index (χ4v) is 4.04. The zero-order chi connectivity index (χ0) is 23.8. The molecule has 0 radical (unpaired) electrons. The maximum absolute atomic E-state index is 13.1. The van der Waals surface area contributed by atoms with E-state index >= 15 is 0 Å². The number of ether oxygens (including phenoxy) is 1. The molecule has 0 aliphatic carbocycles. The second kappa shape index (κ2) is 11.6. The van der Waals surface area contributed by atoms with Crippen molar-refractivity contribution < 1.29 is 29.3 Å². The quantitative estimate of drug-likeness (QED) is 0.477. The van der Waals surface area contributed by atoms with Crippen molar-refractivity contribution in [2.75, 3.05) is 6.54 Å². The van der Waals surface area contributed by atoms with E-state index in [1.54, 1.807) is 6.92 Å². The van der Waals surface area contributed by atoms with E-state index < -0.39 is 42.1 Å². The van der Waals surface area contributed by atoms with Crippen molar-refractivity contribution in [3.8, 4) is 0 Å².